The molecule has 0 bridgehead atoms. The summed E-state index contributed by atoms with van der Waals surface area (Å²) in [6, 6.07) is 0. The number of hydrogen-bond donors (Lipinski definition) is 1. The zero-order valence-corrected chi connectivity index (χ0v) is 9.83. The molecule has 0 amide bonds. The number of nitrogens with zero attached hydrogens (tertiary/aromatic N) is 2. The maximum Gasteiger partial charge on any atom is 0.305 e. The van der Waals surface area contributed by atoms with Crippen LogP contribution in [-0.2, 0) is 9.53 Å². The van der Waals surface area contributed by atoms with Crippen molar-refractivity contribution in [3.05, 3.63) is 17.5 Å². The van der Waals surface area contributed by atoms with Crippen LogP contribution >= 0.6 is 11.6 Å². The first-order valence-corrected chi connectivity index (χ1v) is 5.48. The van der Waals surface area contributed by atoms with Crippen LogP contribution in [0.4, 0.5) is 5.82 Å². The summed E-state index contributed by atoms with van der Waals surface area (Å²) >= 11 is 5.79. The predicted molar refractivity (Wildman–Crippen MR) is 61.4 cm³/mol. The van der Waals surface area contributed by atoms with E-state index in [4.69, 9.17) is 16.3 Å². The van der Waals surface area contributed by atoms with E-state index in [-0.39, 0.29) is 5.97 Å². The normalized spacial score (nSPS) is 9.88. The molecule has 0 saturated carbocycles. The van der Waals surface area contributed by atoms with Crippen LogP contribution in [0.5, 0.6) is 0 Å². The fourth-order valence-corrected chi connectivity index (χ4v) is 1.28. The number of halogens is 1. The monoisotopic (exact) mass is 243 g/mol. The number of carbonyl (C=O) groups is 1. The van der Waals surface area contributed by atoms with Crippen LogP contribution in [0.3, 0.4) is 0 Å². The van der Waals surface area contributed by atoms with Crippen LogP contribution in [-0.4, -0.2) is 29.1 Å². The van der Waals surface area contributed by atoms with Crippen LogP contribution in [0.2, 0.25) is 5.15 Å². The summed E-state index contributed by atoms with van der Waals surface area (Å²) in [6.07, 6.45) is 4.14. The molecule has 1 heterocycles. The molecule has 0 spiro atoms. The second-order valence-corrected chi connectivity index (χ2v) is 3.39. The predicted octanol–water partition coefficient (Wildman–Crippen LogP) is 1.89. The molecule has 0 aliphatic rings. The van der Waals surface area contributed by atoms with E-state index >= 15 is 0 Å². The van der Waals surface area contributed by atoms with Crippen molar-refractivity contribution < 1.29 is 9.53 Å². The number of hydrogen-bond acceptors (Lipinski definition) is 5. The first-order chi connectivity index (χ1) is 7.74. The van der Waals surface area contributed by atoms with Crippen molar-refractivity contribution >= 4 is 23.4 Å². The lowest BCUT2D eigenvalue weighted by atomic mass is 10.3. The van der Waals surface area contributed by atoms with Gasteiger partial charge in [-0.25, -0.2) is 9.97 Å². The van der Waals surface area contributed by atoms with Gasteiger partial charge in [-0.3, -0.25) is 4.79 Å². The Bertz CT molecular complexity index is 347. The Kier molecular flexibility index (Phi) is 5.56. The molecule has 5 nitrogen and oxygen atoms in total. The summed E-state index contributed by atoms with van der Waals surface area (Å²) in [4.78, 5) is 18.9. The van der Waals surface area contributed by atoms with Crippen LogP contribution < -0.4 is 5.32 Å². The summed E-state index contributed by atoms with van der Waals surface area (Å²) in [5.74, 6) is 0.350. The highest BCUT2D eigenvalue weighted by Gasteiger charge is 2.03. The highest BCUT2D eigenvalue weighted by molar-refractivity contribution is 6.31. The van der Waals surface area contributed by atoms with Gasteiger partial charge in [0.2, 0.25) is 0 Å². The summed E-state index contributed by atoms with van der Waals surface area (Å²) in [5, 5.41) is 3.33. The summed E-state index contributed by atoms with van der Waals surface area (Å²) in [5.41, 5.74) is 0. The van der Waals surface area contributed by atoms with Crippen molar-refractivity contribution in [1.82, 2.24) is 9.97 Å². The first-order valence-electron chi connectivity index (χ1n) is 5.10. The molecular formula is C10H14ClN3O2. The molecule has 0 fully saturated rings. The number of aromatic nitrogens is 2. The minimum Gasteiger partial charge on any atom is -0.466 e. The summed E-state index contributed by atoms with van der Waals surface area (Å²) < 4.78 is 4.80. The maximum absolute atomic E-state index is 11.0. The van der Waals surface area contributed by atoms with E-state index < -0.39 is 0 Å². The lowest BCUT2D eigenvalue weighted by molar-refractivity contribution is -0.143. The Hall–Kier alpha value is -1.36. The van der Waals surface area contributed by atoms with Crippen molar-refractivity contribution in [2.24, 2.45) is 0 Å². The Morgan fingerprint density at radius 2 is 2.25 bits per heavy atom. The van der Waals surface area contributed by atoms with Crippen LogP contribution in [0, 0.1) is 0 Å². The largest absolute Gasteiger partial charge is 0.466 e. The van der Waals surface area contributed by atoms with Gasteiger partial charge in [-0.15, -0.1) is 0 Å². The minimum atomic E-state index is -0.186. The fraction of sp³-hybridized carbons (Fsp3) is 0.500. The minimum absolute atomic E-state index is 0.186. The van der Waals surface area contributed by atoms with Gasteiger partial charge in [-0.2, -0.15) is 0 Å². The van der Waals surface area contributed by atoms with Gasteiger partial charge in [-0.1, -0.05) is 11.6 Å². The number of nitrogens with one attached hydrogen (secondary N) is 1. The van der Waals surface area contributed by atoms with Crippen LogP contribution in [0.25, 0.3) is 0 Å². The van der Waals surface area contributed by atoms with Gasteiger partial charge in [0.25, 0.3) is 0 Å². The second kappa shape index (κ2) is 7.00. The lowest BCUT2D eigenvalue weighted by Gasteiger charge is -2.05. The molecule has 1 N–H and O–H groups in total. The van der Waals surface area contributed by atoms with Crippen molar-refractivity contribution in [1.29, 1.82) is 0 Å². The number of esters is 1. The molecule has 0 saturated heterocycles. The molecule has 16 heavy (non-hydrogen) atoms. The van der Waals surface area contributed by atoms with Gasteiger partial charge >= 0.3 is 5.97 Å². The van der Waals surface area contributed by atoms with Gasteiger partial charge in [0.1, 0.15) is 0 Å². The number of rotatable bonds is 6. The average Bonchev–Trinajstić information content (AvgIpc) is 2.27. The highest BCUT2D eigenvalue weighted by atomic mass is 35.5. The summed E-state index contributed by atoms with van der Waals surface area (Å²) in [7, 11) is 0. The van der Waals surface area contributed by atoms with Gasteiger partial charge in [0, 0.05) is 25.4 Å². The molecule has 0 unspecified atom stereocenters. The molecule has 1 rings (SSSR count). The molecule has 0 aliphatic carbocycles. The van der Waals surface area contributed by atoms with Crippen molar-refractivity contribution in [2.45, 2.75) is 19.8 Å². The van der Waals surface area contributed by atoms with Gasteiger partial charge < -0.3 is 10.1 Å². The standard InChI is InChI=1S/C10H14ClN3O2/c1-2-16-8(15)4-3-5-13-10-9(11)12-6-7-14-10/h6-7H,2-5H2,1H3,(H,13,14). The molecule has 0 atom stereocenters. The molecule has 88 valence electrons. The van der Waals surface area contributed by atoms with Crippen LogP contribution in [0.15, 0.2) is 12.4 Å². The third-order valence-corrected chi connectivity index (χ3v) is 2.09. The van der Waals surface area contributed by atoms with Crippen molar-refractivity contribution in [3.8, 4) is 0 Å². The zero-order valence-electron chi connectivity index (χ0n) is 9.07. The Labute approximate surface area is 99.2 Å². The second-order valence-electron chi connectivity index (χ2n) is 3.03. The molecule has 1 aromatic rings. The van der Waals surface area contributed by atoms with E-state index in [1.165, 1.54) is 6.20 Å². The number of anilines is 1. The average molecular weight is 244 g/mol. The Morgan fingerprint density at radius 1 is 1.50 bits per heavy atom. The zero-order chi connectivity index (χ0) is 11.8. The van der Waals surface area contributed by atoms with E-state index in [0.717, 1.165) is 0 Å². The van der Waals surface area contributed by atoms with Crippen LogP contribution in [0.1, 0.15) is 19.8 Å². The van der Waals surface area contributed by atoms with E-state index in [1.807, 2.05) is 0 Å². The van der Waals surface area contributed by atoms with Crippen molar-refractivity contribution in [3.63, 3.8) is 0 Å². The lowest BCUT2D eigenvalue weighted by Crippen LogP contribution is -2.09. The topological polar surface area (TPSA) is 64.1 Å². The molecule has 0 aromatic carbocycles. The molecule has 0 radical (unpaired) electrons. The molecule has 1 aromatic heterocycles. The van der Waals surface area contributed by atoms with E-state index in [2.05, 4.69) is 15.3 Å². The Morgan fingerprint density at radius 3 is 2.94 bits per heavy atom. The fourth-order valence-electron chi connectivity index (χ4n) is 1.11. The van der Waals surface area contributed by atoms with Gasteiger partial charge in [0.05, 0.1) is 6.61 Å². The number of carbonyl (C=O) groups excluding carboxylic acids is 1. The SMILES string of the molecule is CCOC(=O)CCCNc1nccnc1Cl. The number of ether oxygens (including phenoxy) is 1. The highest BCUT2D eigenvalue weighted by Crippen LogP contribution is 2.13. The quantitative estimate of drug-likeness (QED) is 0.611. The molecule has 0 aliphatic heterocycles. The van der Waals surface area contributed by atoms with E-state index in [9.17, 15) is 4.79 Å². The molecular weight excluding hydrogens is 230 g/mol. The Balaban J connectivity index is 2.21. The van der Waals surface area contributed by atoms with E-state index in [0.29, 0.717) is 37.0 Å². The summed E-state index contributed by atoms with van der Waals surface area (Å²) in [6.45, 7) is 2.81. The van der Waals surface area contributed by atoms with Gasteiger partial charge in [-0.05, 0) is 13.3 Å². The van der Waals surface area contributed by atoms with E-state index in [1.54, 1.807) is 13.1 Å². The first kappa shape index (κ1) is 12.7. The van der Waals surface area contributed by atoms with Gasteiger partial charge in [0.15, 0.2) is 11.0 Å². The third-order valence-electron chi connectivity index (χ3n) is 1.81. The van der Waals surface area contributed by atoms with Crippen molar-refractivity contribution in [2.75, 3.05) is 18.5 Å². The smallest absolute Gasteiger partial charge is 0.305 e. The third kappa shape index (κ3) is 4.44. The molecule has 6 heteroatoms. The maximum atomic E-state index is 11.0.